The predicted octanol–water partition coefficient (Wildman–Crippen LogP) is 3.08. The SMILES string of the molecule is COCC[C@@H](C)NC(=O)N1CCCCC[C@H]1c1c(C)n[nH]c1C. The lowest BCUT2D eigenvalue weighted by molar-refractivity contribution is 0.162. The molecule has 2 heterocycles. The zero-order valence-electron chi connectivity index (χ0n) is 14.8. The number of H-pyrrole nitrogens is 1. The van der Waals surface area contributed by atoms with Gasteiger partial charge in [-0.1, -0.05) is 12.8 Å². The van der Waals surface area contributed by atoms with Crippen LogP contribution in [-0.4, -0.2) is 47.4 Å². The number of aromatic nitrogens is 2. The maximum atomic E-state index is 12.8. The number of urea groups is 1. The molecule has 0 bridgehead atoms. The van der Waals surface area contributed by atoms with Gasteiger partial charge in [0, 0.05) is 37.6 Å². The van der Waals surface area contributed by atoms with Crippen LogP contribution < -0.4 is 5.32 Å². The van der Waals surface area contributed by atoms with Crippen LogP contribution in [0.3, 0.4) is 0 Å². The van der Waals surface area contributed by atoms with Gasteiger partial charge in [0.05, 0.1) is 11.7 Å². The van der Waals surface area contributed by atoms with Crippen molar-refractivity contribution in [3.8, 4) is 0 Å². The first-order valence-electron chi connectivity index (χ1n) is 8.62. The average molecular weight is 322 g/mol. The summed E-state index contributed by atoms with van der Waals surface area (Å²) in [6.45, 7) is 7.54. The zero-order chi connectivity index (χ0) is 16.8. The van der Waals surface area contributed by atoms with Crippen molar-refractivity contribution in [1.82, 2.24) is 20.4 Å². The number of hydrogen-bond donors (Lipinski definition) is 2. The molecule has 1 fully saturated rings. The summed E-state index contributed by atoms with van der Waals surface area (Å²) >= 11 is 0. The van der Waals surface area contributed by atoms with Gasteiger partial charge >= 0.3 is 6.03 Å². The monoisotopic (exact) mass is 322 g/mol. The smallest absolute Gasteiger partial charge is 0.318 e. The number of ether oxygens (including phenoxy) is 1. The minimum absolute atomic E-state index is 0.0282. The van der Waals surface area contributed by atoms with Crippen LogP contribution in [0.2, 0.25) is 0 Å². The van der Waals surface area contributed by atoms with Crippen molar-refractivity contribution in [3.63, 3.8) is 0 Å². The highest BCUT2D eigenvalue weighted by molar-refractivity contribution is 5.75. The highest BCUT2D eigenvalue weighted by Crippen LogP contribution is 2.33. The second-order valence-corrected chi connectivity index (χ2v) is 6.54. The third-order valence-electron chi connectivity index (χ3n) is 4.66. The van der Waals surface area contributed by atoms with Crippen LogP contribution in [-0.2, 0) is 4.74 Å². The molecule has 130 valence electrons. The van der Waals surface area contributed by atoms with Gasteiger partial charge in [-0.2, -0.15) is 5.10 Å². The number of rotatable bonds is 5. The molecule has 0 radical (unpaired) electrons. The molecule has 2 N–H and O–H groups in total. The van der Waals surface area contributed by atoms with E-state index in [2.05, 4.69) is 15.5 Å². The van der Waals surface area contributed by atoms with Gasteiger partial charge in [0.2, 0.25) is 0 Å². The predicted molar refractivity (Wildman–Crippen MR) is 90.5 cm³/mol. The number of hydrogen-bond acceptors (Lipinski definition) is 3. The summed E-state index contributed by atoms with van der Waals surface area (Å²) in [5.74, 6) is 0. The van der Waals surface area contributed by atoms with Crippen molar-refractivity contribution >= 4 is 6.03 Å². The lowest BCUT2D eigenvalue weighted by atomic mass is 9.99. The number of aromatic amines is 1. The van der Waals surface area contributed by atoms with E-state index in [9.17, 15) is 4.79 Å². The Hall–Kier alpha value is -1.56. The molecule has 0 spiro atoms. The molecule has 2 rings (SSSR count). The minimum Gasteiger partial charge on any atom is -0.385 e. The number of amides is 2. The van der Waals surface area contributed by atoms with E-state index >= 15 is 0 Å². The van der Waals surface area contributed by atoms with Crippen LogP contribution in [0.25, 0.3) is 0 Å². The topological polar surface area (TPSA) is 70.2 Å². The first kappa shape index (κ1) is 17.8. The Morgan fingerprint density at radius 2 is 2.22 bits per heavy atom. The summed E-state index contributed by atoms with van der Waals surface area (Å²) in [4.78, 5) is 14.8. The quantitative estimate of drug-likeness (QED) is 0.875. The molecule has 6 heteroatoms. The minimum atomic E-state index is 0.0282. The van der Waals surface area contributed by atoms with Crippen LogP contribution in [0.4, 0.5) is 4.79 Å². The van der Waals surface area contributed by atoms with Crippen LogP contribution in [0, 0.1) is 13.8 Å². The fourth-order valence-electron chi connectivity index (χ4n) is 3.36. The number of carbonyl (C=O) groups excluding carboxylic acids is 1. The second-order valence-electron chi connectivity index (χ2n) is 6.54. The van der Waals surface area contributed by atoms with Gasteiger partial charge in [-0.05, 0) is 40.0 Å². The largest absolute Gasteiger partial charge is 0.385 e. The van der Waals surface area contributed by atoms with Crippen molar-refractivity contribution in [1.29, 1.82) is 0 Å². The number of likely N-dealkylation sites (tertiary alicyclic amines) is 1. The maximum Gasteiger partial charge on any atom is 0.318 e. The van der Waals surface area contributed by atoms with Crippen LogP contribution in [0.15, 0.2) is 0 Å². The van der Waals surface area contributed by atoms with E-state index < -0.39 is 0 Å². The molecule has 0 saturated carbocycles. The molecular formula is C17H30N4O2. The number of carbonyl (C=O) groups is 1. The van der Waals surface area contributed by atoms with E-state index in [1.807, 2.05) is 25.7 Å². The van der Waals surface area contributed by atoms with E-state index in [4.69, 9.17) is 4.74 Å². The third-order valence-corrected chi connectivity index (χ3v) is 4.66. The van der Waals surface area contributed by atoms with E-state index in [-0.39, 0.29) is 18.1 Å². The fraction of sp³-hybridized carbons (Fsp3) is 0.765. The second kappa shape index (κ2) is 8.34. The van der Waals surface area contributed by atoms with Gasteiger partial charge in [-0.15, -0.1) is 0 Å². The summed E-state index contributed by atoms with van der Waals surface area (Å²) in [6, 6.07) is 0.254. The molecule has 6 nitrogen and oxygen atoms in total. The molecule has 0 aliphatic carbocycles. The van der Waals surface area contributed by atoms with E-state index in [1.165, 1.54) is 12.0 Å². The van der Waals surface area contributed by atoms with Gasteiger partial charge in [0.1, 0.15) is 0 Å². The highest BCUT2D eigenvalue weighted by Gasteiger charge is 2.30. The van der Waals surface area contributed by atoms with Crippen LogP contribution in [0.5, 0.6) is 0 Å². The van der Waals surface area contributed by atoms with Gasteiger partial charge in [0.25, 0.3) is 0 Å². The van der Waals surface area contributed by atoms with Crippen LogP contribution in [0.1, 0.15) is 62.0 Å². The molecule has 1 aliphatic rings. The Kier molecular flexibility index (Phi) is 6.45. The molecule has 2 atom stereocenters. The summed E-state index contributed by atoms with van der Waals surface area (Å²) < 4.78 is 5.09. The summed E-state index contributed by atoms with van der Waals surface area (Å²) in [7, 11) is 1.68. The first-order chi connectivity index (χ1) is 11.0. The molecular weight excluding hydrogens is 292 g/mol. The summed E-state index contributed by atoms with van der Waals surface area (Å²) in [5, 5.41) is 10.5. The zero-order valence-corrected chi connectivity index (χ0v) is 14.8. The van der Waals surface area contributed by atoms with Crippen LogP contribution >= 0.6 is 0 Å². The molecule has 1 saturated heterocycles. The number of nitrogens with one attached hydrogen (secondary N) is 2. The number of aryl methyl sites for hydroxylation is 2. The third kappa shape index (κ3) is 4.47. The lowest BCUT2D eigenvalue weighted by Crippen LogP contribution is -2.46. The molecule has 1 aromatic heterocycles. The van der Waals surface area contributed by atoms with Crippen molar-refractivity contribution in [2.45, 2.75) is 65.0 Å². The Morgan fingerprint density at radius 3 is 2.87 bits per heavy atom. The molecule has 0 unspecified atom stereocenters. The molecule has 0 aromatic carbocycles. The van der Waals surface area contributed by atoms with E-state index in [1.54, 1.807) is 7.11 Å². The van der Waals surface area contributed by atoms with Gasteiger partial charge in [-0.3, -0.25) is 5.10 Å². The van der Waals surface area contributed by atoms with E-state index in [0.29, 0.717) is 6.61 Å². The molecule has 2 amide bonds. The van der Waals surface area contributed by atoms with Gasteiger partial charge in [0.15, 0.2) is 0 Å². The molecule has 1 aromatic rings. The maximum absolute atomic E-state index is 12.8. The van der Waals surface area contributed by atoms with Gasteiger partial charge < -0.3 is 15.0 Å². The first-order valence-corrected chi connectivity index (χ1v) is 8.62. The summed E-state index contributed by atoms with van der Waals surface area (Å²) in [5.41, 5.74) is 3.26. The Balaban J connectivity index is 2.13. The van der Waals surface area contributed by atoms with Crippen molar-refractivity contribution in [3.05, 3.63) is 17.0 Å². The lowest BCUT2D eigenvalue weighted by Gasteiger charge is -2.32. The normalized spacial score (nSPS) is 20.2. The Bertz CT molecular complexity index is 495. The number of nitrogens with zero attached hydrogens (tertiary/aromatic N) is 2. The number of methoxy groups -OCH3 is 1. The van der Waals surface area contributed by atoms with Gasteiger partial charge in [-0.25, -0.2) is 4.79 Å². The molecule has 1 aliphatic heterocycles. The van der Waals surface area contributed by atoms with Crippen molar-refractivity contribution in [2.24, 2.45) is 0 Å². The summed E-state index contributed by atoms with van der Waals surface area (Å²) in [6.07, 6.45) is 5.21. The average Bonchev–Trinajstić information content (AvgIpc) is 2.73. The van der Waals surface area contributed by atoms with E-state index in [0.717, 1.165) is 43.6 Å². The Labute approximate surface area is 139 Å². The highest BCUT2D eigenvalue weighted by atomic mass is 16.5. The van der Waals surface area contributed by atoms with Crippen molar-refractivity contribution in [2.75, 3.05) is 20.3 Å². The fourth-order valence-corrected chi connectivity index (χ4v) is 3.36. The standard InChI is InChI=1S/C17H30N4O2/c1-12(9-11-23-4)18-17(22)21-10-7-5-6-8-15(21)16-13(2)19-20-14(16)3/h12,15H,5-11H2,1-4H3,(H,18,22)(H,19,20)/t12-,15+/m1/s1. The molecule has 23 heavy (non-hydrogen) atoms. The van der Waals surface area contributed by atoms with Crippen molar-refractivity contribution < 1.29 is 9.53 Å². The Morgan fingerprint density at radius 1 is 1.43 bits per heavy atom.